The fourth-order valence-corrected chi connectivity index (χ4v) is 12.8. The van der Waals surface area contributed by atoms with Crippen molar-refractivity contribution in [3.63, 3.8) is 0 Å². The van der Waals surface area contributed by atoms with Gasteiger partial charge in [0.05, 0.1) is 34.3 Å². The lowest BCUT2D eigenvalue weighted by molar-refractivity contribution is -0.384. The Morgan fingerprint density at radius 1 is 0.946 bits per heavy atom. The molecule has 1 unspecified atom stereocenters. The maximum atomic E-state index is 14.1. The van der Waals surface area contributed by atoms with Crippen LogP contribution in [0.5, 0.6) is 17.2 Å². The van der Waals surface area contributed by atoms with Gasteiger partial charge in [0.1, 0.15) is 28.6 Å². The molecule has 390 valence electrons. The number of nitrogens with one attached hydrogen (secondary N) is 3. The van der Waals surface area contributed by atoms with Crippen molar-refractivity contribution in [3.8, 4) is 17.2 Å². The number of hydrogen-bond donors (Lipinski definition) is 4. The molecule has 6 aromatic rings. The molecule has 2 saturated carbocycles. The number of nitrogens with zero attached hydrogens (tertiary/aromatic N) is 6. The molecule has 10 rings (SSSR count). The summed E-state index contributed by atoms with van der Waals surface area (Å²) < 4.78 is 41.7. The summed E-state index contributed by atoms with van der Waals surface area (Å²) in [5.74, 6) is 0.973. The zero-order valence-electron chi connectivity index (χ0n) is 42.6. The highest BCUT2D eigenvalue weighted by atomic mass is 32.2. The normalized spacial score (nSPS) is 21.6. The number of nitro benzene ring substituents is 1. The van der Waals surface area contributed by atoms with E-state index in [9.17, 15) is 28.4 Å². The number of fused-ring (bicyclic) bond motifs is 1. The highest BCUT2D eigenvalue weighted by Crippen LogP contribution is 2.53. The number of nitro groups is 1. The average molecular weight is 1030 g/mol. The molecule has 0 radical (unpaired) electrons. The van der Waals surface area contributed by atoms with E-state index in [1.54, 1.807) is 31.5 Å². The Morgan fingerprint density at radius 3 is 2.45 bits per heavy atom. The number of benzene rings is 3. The molecule has 2 aliphatic heterocycles. The summed E-state index contributed by atoms with van der Waals surface area (Å²) in [4.78, 5) is 45.1. The van der Waals surface area contributed by atoms with Crippen molar-refractivity contribution in [2.75, 3.05) is 56.6 Å². The predicted octanol–water partition coefficient (Wildman–Crippen LogP) is 9.57. The number of ether oxygens (including phenoxy) is 2. The number of aliphatic hydroxyl groups is 1. The zero-order chi connectivity index (χ0) is 51.8. The molecule has 2 aliphatic carbocycles. The van der Waals surface area contributed by atoms with E-state index in [1.165, 1.54) is 35.0 Å². The molecule has 1 spiro atoms. The van der Waals surface area contributed by atoms with E-state index in [-0.39, 0.29) is 34.4 Å². The molecule has 2 saturated heterocycles. The van der Waals surface area contributed by atoms with Gasteiger partial charge in [-0.1, -0.05) is 26.0 Å². The van der Waals surface area contributed by atoms with Gasteiger partial charge in [-0.2, -0.15) is 0 Å². The number of sulfonamides is 1. The minimum atomic E-state index is -4.59. The predicted molar refractivity (Wildman–Crippen MR) is 284 cm³/mol. The van der Waals surface area contributed by atoms with Crippen LogP contribution in [0.4, 0.5) is 17.1 Å². The monoisotopic (exact) mass is 1030 g/mol. The minimum absolute atomic E-state index is 0.0334. The lowest BCUT2D eigenvalue weighted by Crippen LogP contribution is -2.60. The van der Waals surface area contributed by atoms with Gasteiger partial charge in [-0.25, -0.2) is 18.1 Å². The lowest BCUT2D eigenvalue weighted by Gasteiger charge is -2.58. The van der Waals surface area contributed by atoms with Gasteiger partial charge in [0.25, 0.3) is 21.6 Å². The number of pyridine rings is 2. The molecule has 4 N–H and O–H groups in total. The van der Waals surface area contributed by atoms with Gasteiger partial charge in [0.15, 0.2) is 0 Å². The van der Waals surface area contributed by atoms with Crippen molar-refractivity contribution in [3.05, 3.63) is 136 Å². The Labute approximate surface area is 432 Å². The van der Waals surface area contributed by atoms with Crippen LogP contribution in [-0.4, -0.2) is 107 Å². The Morgan fingerprint density at radius 2 is 1.72 bits per heavy atom. The molecular weight excluding hydrogens is 959 g/mol. The molecule has 5 heterocycles. The first-order chi connectivity index (χ1) is 35.5. The maximum Gasteiger partial charge on any atom is 0.293 e. The summed E-state index contributed by atoms with van der Waals surface area (Å²) in [7, 11) is -2.90. The fraction of sp³-hybridized carbons (Fsp3) is 0.446. The van der Waals surface area contributed by atoms with Crippen LogP contribution in [0.2, 0.25) is 0 Å². The number of H-pyrrole nitrogens is 1. The van der Waals surface area contributed by atoms with Crippen LogP contribution in [0.15, 0.2) is 109 Å². The Balaban J connectivity index is 0.830. The van der Waals surface area contributed by atoms with Gasteiger partial charge in [-0.3, -0.25) is 29.7 Å². The summed E-state index contributed by atoms with van der Waals surface area (Å²) in [6, 6.07) is 23.6. The molecule has 74 heavy (non-hydrogen) atoms. The first kappa shape index (κ1) is 50.9. The highest BCUT2D eigenvalue weighted by Gasteiger charge is 2.50. The molecule has 17 nitrogen and oxygen atoms in total. The molecular formula is C56H67N9O8S. The second-order valence-corrected chi connectivity index (χ2v) is 23.3. The van der Waals surface area contributed by atoms with E-state index in [1.807, 2.05) is 37.4 Å². The van der Waals surface area contributed by atoms with Gasteiger partial charge in [-0.05, 0) is 147 Å². The third-order valence-corrected chi connectivity index (χ3v) is 17.5. The van der Waals surface area contributed by atoms with Crippen molar-refractivity contribution >= 4 is 44.0 Å². The molecule has 1 amide bonds. The standard InChI is InChI=1S/C56H67N9O8S/c1-37(2)46-16-21-57-34-48(46)51-36-62(35-39-5-8-43(72-4)9-6-39)25-26-64(51)42-30-56(31-42)19-23-63(24-20-56)41-7-11-47(52(28-41)73-44-27-40-15-22-58-53(40)60-33-44)54(66)61-74(70,71)45-10-12-49(50(29-45)65(68)69)59-32-38-13-17-55(3,67)18-14-38/h5-12,15-16,21-22,27-29,33-34,37-38,42,51,59,67H,13-14,17-20,23-26,30-32,35-36H2,1-4H3,(H,58,60)(H,61,66)/t38-,51?,55-. The molecule has 1 atom stereocenters. The first-order valence-corrected chi connectivity index (χ1v) is 27.4. The van der Waals surface area contributed by atoms with E-state index in [0.717, 1.165) is 101 Å². The summed E-state index contributed by atoms with van der Waals surface area (Å²) in [5.41, 5.74) is 4.65. The number of carbonyl (C=O) groups is 1. The second-order valence-electron chi connectivity index (χ2n) is 21.6. The number of carbonyl (C=O) groups excluding carboxylic acids is 1. The molecule has 4 aliphatic rings. The summed E-state index contributed by atoms with van der Waals surface area (Å²) in [6.45, 7) is 12.1. The van der Waals surface area contributed by atoms with Crippen molar-refractivity contribution in [2.24, 2.45) is 11.3 Å². The molecule has 0 bridgehead atoms. The van der Waals surface area contributed by atoms with Crippen LogP contribution in [0, 0.1) is 21.4 Å². The van der Waals surface area contributed by atoms with E-state index >= 15 is 0 Å². The summed E-state index contributed by atoms with van der Waals surface area (Å²) >= 11 is 0. The van der Waals surface area contributed by atoms with Crippen LogP contribution in [0.1, 0.15) is 111 Å². The first-order valence-electron chi connectivity index (χ1n) is 25.9. The largest absolute Gasteiger partial charge is 0.497 e. The highest BCUT2D eigenvalue weighted by molar-refractivity contribution is 7.90. The Bertz CT molecular complexity index is 3100. The smallest absolute Gasteiger partial charge is 0.293 e. The van der Waals surface area contributed by atoms with Gasteiger partial charge in [0, 0.05) is 99.7 Å². The van der Waals surface area contributed by atoms with E-state index < -0.39 is 37.0 Å². The number of piperazine rings is 1. The van der Waals surface area contributed by atoms with Crippen molar-refractivity contribution in [1.82, 2.24) is 29.5 Å². The number of aromatic amines is 1. The van der Waals surface area contributed by atoms with Crippen molar-refractivity contribution in [2.45, 2.75) is 107 Å². The maximum absolute atomic E-state index is 14.1. The number of aromatic nitrogens is 3. The molecule has 4 fully saturated rings. The summed E-state index contributed by atoms with van der Waals surface area (Å²) in [5, 5.41) is 26.5. The number of piperidine rings is 1. The molecule has 18 heteroatoms. The van der Waals surface area contributed by atoms with Gasteiger partial charge in [-0.15, -0.1) is 0 Å². The quantitative estimate of drug-likeness (QED) is 0.0526. The van der Waals surface area contributed by atoms with Crippen LogP contribution < -0.4 is 24.4 Å². The fourth-order valence-electron chi connectivity index (χ4n) is 11.8. The Kier molecular flexibility index (Phi) is 14.4. The topological polar surface area (TPSA) is 208 Å². The number of hydrogen-bond acceptors (Lipinski definition) is 14. The van der Waals surface area contributed by atoms with Gasteiger partial charge < -0.3 is 29.8 Å². The number of amides is 1. The van der Waals surface area contributed by atoms with Crippen molar-refractivity contribution in [1.29, 1.82) is 0 Å². The lowest BCUT2D eigenvalue weighted by atomic mass is 9.59. The number of anilines is 2. The van der Waals surface area contributed by atoms with E-state index in [0.29, 0.717) is 42.7 Å². The van der Waals surface area contributed by atoms with Crippen molar-refractivity contribution < 1.29 is 32.7 Å². The number of methoxy groups -OCH3 is 1. The van der Waals surface area contributed by atoms with Crippen LogP contribution in [0.25, 0.3) is 11.0 Å². The zero-order valence-corrected chi connectivity index (χ0v) is 43.4. The van der Waals surface area contributed by atoms with Gasteiger partial charge in [0.2, 0.25) is 0 Å². The van der Waals surface area contributed by atoms with Gasteiger partial charge >= 0.3 is 0 Å². The second kappa shape index (κ2) is 21.0. The third kappa shape index (κ3) is 11.1. The van der Waals surface area contributed by atoms with Crippen LogP contribution >= 0.6 is 0 Å². The van der Waals surface area contributed by atoms with Crippen LogP contribution in [0.3, 0.4) is 0 Å². The van der Waals surface area contributed by atoms with Crippen LogP contribution in [-0.2, 0) is 16.6 Å². The summed E-state index contributed by atoms with van der Waals surface area (Å²) in [6.07, 6.45) is 14.4. The van der Waals surface area contributed by atoms with E-state index in [4.69, 9.17) is 9.47 Å². The molecule has 3 aromatic heterocycles. The Hall–Kier alpha value is -6.60. The third-order valence-electron chi connectivity index (χ3n) is 16.2. The average Bonchev–Trinajstić information content (AvgIpc) is 3.86. The SMILES string of the molecule is COc1ccc(CN2CCN(C3CC4(CCN(c5ccc(C(=O)NS(=O)(=O)c6ccc(NC[C@H]7CC[C@](C)(O)CC7)c([N+](=O)[O-])c6)c(Oc6cnc7[nH]ccc7c6)c5)CC4)C3)C(c3cnccc3C(C)C)C2)cc1. The van der Waals surface area contributed by atoms with E-state index in [2.05, 4.69) is 77.9 Å². The minimum Gasteiger partial charge on any atom is -0.497 e. The molecule has 3 aromatic carbocycles. The number of rotatable bonds is 16.